The van der Waals surface area contributed by atoms with E-state index in [9.17, 15) is 0 Å². The number of unbranched alkanes of at least 4 members (excludes halogenated alkanes) is 1. The van der Waals surface area contributed by atoms with E-state index in [1.54, 1.807) is 12.2 Å². The molecular weight excluding hydrogens is 196 g/mol. The Balaban J connectivity index is 4.19. The van der Waals surface area contributed by atoms with Crippen molar-refractivity contribution >= 4 is 5.71 Å². The molecule has 2 heteroatoms. The standard InChI is InChI=1S/C14H22N2/c1-5-7-8-12(3)11-16-13(4)9-14(6-2)10-15/h6,9,12H,2,5,7-8,11H2,1,3-4H3/b14-9+,16-13-. The molecule has 0 radical (unpaired) electrons. The zero-order chi connectivity index (χ0) is 12.4. The number of nitrogens with zero attached hydrogens (tertiary/aromatic N) is 2. The van der Waals surface area contributed by atoms with Gasteiger partial charge in [-0.05, 0) is 25.3 Å². The minimum absolute atomic E-state index is 0.572. The molecule has 0 aliphatic carbocycles. The summed E-state index contributed by atoms with van der Waals surface area (Å²) in [6, 6.07) is 2.07. The smallest absolute Gasteiger partial charge is 0.0992 e. The number of allylic oxidation sites excluding steroid dienone is 3. The van der Waals surface area contributed by atoms with E-state index in [2.05, 4.69) is 31.5 Å². The largest absolute Gasteiger partial charge is 0.290 e. The second-order valence-corrected chi connectivity index (χ2v) is 4.15. The lowest BCUT2D eigenvalue weighted by Gasteiger charge is -2.07. The van der Waals surface area contributed by atoms with Crippen molar-refractivity contribution in [2.24, 2.45) is 10.9 Å². The summed E-state index contributed by atoms with van der Waals surface area (Å²) in [5.41, 5.74) is 1.47. The third-order valence-electron chi connectivity index (χ3n) is 2.42. The van der Waals surface area contributed by atoms with Gasteiger partial charge in [-0.1, -0.05) is 39.3 Å². The van der Waals surface area contributed by atoms with Crippen molar-refractivity contribution in [3.05, 3.63) is 24.3 Å². The first-order chi connectivity index (χ1) is 7.63. The first kappa shape index (κ1) is 14.6. The second kappa shape index (κ2) is 8.91. The first-order valence-corrected chi connectivity index (χ1v) is 5.89. The van der Waals surface area contributed by atoms with Gasteiger partial charge in [0.15, 0.2) is 0 Å². The van der Waals surface area contributed by atoms with Gasteiger partial charge in [-0.3, -0.25) is 4.99 Å². The van der Waals surface area contributed by atoms with Crippen molar-refractivity contribution in [1.82, 2.24) is 0 Å². The van der Waals surface area contributed by atoms with Gasteiger partial charge in [-0.2, -0.15) is 5.26 Å². The zero-order valence-electron chi connectivity index (χ0n) is 10.7. The Kier molecular flexibility index (Phi) is 8.15. The van der Waals surface area contributed by atoms with E-state index in [0.717, 1.165) is 12.3 Å². The van der Waals surface area contributed by atoms with Crippen molar-refractivity contribution in [3.8, 4) is 6.07 Å². The van der Waals surface area contributed by atoms with Gasteiger partial charge >= 0.3 is 0 Å². The fraction of sp³-hybridized carbons (Fsp3) is 0.571. The summed E-state index contributed by atoms with van der Waals surface area (Å²) in [6.07, 6.45) is 7.06. The van der Waals surface area contributed by atoms with E-state index in [0.29, 0.717) is 11.5 Å². The second-order valence-electron chi connectivity index (χ2n) is 4.15. The molecule has 0 bridgehead atoms. The van der Waals surface area contributed by atoms with Gasteiger partial charge in [0.05, 0.1) is 11.6 Å². The third kappa shape index (κ3) is 7.00. The maximum absolute atomic E-state index is 8.72. The molecule has 0 saturated heterocycles. The van der Waals surface area contributed by atoms with Gasteiger partial charge in [-0.25, -0.2) is 0 Å². The molecule has 16 heavy (non-hydrogen) atoms. The normalized spacial score (nSPS) is 14.4. The maximum Gasteiger partial charge on any atom is 0.0992 e. The highest BCUT2D eigenvalue weighted by atomic mass is 14.7. The topological polar surface area (TPSA) is 36.1 Å². The molecule has 0 fully saturated rings. The van der Waals surface area contributed by atoms with Crippen LogP contribution in [-0.2, 0) is 0 Å². The zero-order valence-corrected chi connectivity index (χ0v) is 10.7. The summed E-state index contributed by atoms with van der Waals surface area (Å²) in [7, 11) is 0. The summed E-state index contributed by atoms with van der Waals surface area (Å²) < 4.78 is 0. The van der Waals surface area contributed by atoms with Crippen molar-refractivity contribution in [1.29, 1.82) is 5.26 Å². The van der Waals surface area contributed by atoms with E-state index in [4.69, 9.17) is 5.26 Å². The highest BCUT2D eigenvalue weighted by Gasteiger charge is 1.99. The van der Waals surface area contributed by atoms with E-state index in [1.807, 2.05) is 6.92 Å². The summed E-state index contributed by atoms with van der Waals surface area (Å²) in [4.78, 5) is 4.45. The van der Waals surface area contributed by atoms with E-state index in [1.165, 1.54) is 19.3 Å². The van der Waals surface area contributed by atoms with E-state index < -0.39 is 0 Å². The Bertz CT molecular complexity index is 305. The number of aliphatic imine (C=N–C) groups is 1. The highest BCUT2D eigenvalue weighted by molar-refractivity contribution is 5.94. The van der Waals surface area contributed by atoms with Gasteiger partial charge in [0, 0.05) is 12.3 Å². The number of nitriles is 1. The van der Waals surface area contributed by atoms with Crippen molar-refractivity contribution in [2.45, 2.75) is 40.0 Å². The molecule has 0 amide bonds. The van der Waals surface area contributed by atoms with Gasteiger partial charge in [0.25, 0.3) is 0 Å². The highest BCUT2D eigenvalue weighted by Crippen LogP contribution is 2.08. The average Bonchev–Trinajstić information content (AvgIpc) is 2.30. The summed E-state index contributed by atoms with van der Waals surface area (Å²) in [5, 5.41) is 8.72. The third-order valence-corrected chi connectivity index (χ3v) is 2.42. The van der Waals surface area contributed by atoms with Crippen LogP contribution in [0.5, 0.6) is 0 Å². The Morgan fingerprint density at radius 1 is 1.56 bits per heavy atom. The van der Waals surface area contributed by atoms with E-state index in [-0.39, 0.29) is 0 Å². The Labute approximate surface area is 99.4 Å². The van der Waals surface area contributed by atoms with Crippen molar-refractivity contribution in [2.75, 3.05) is 6.54 Å². The van der Waals surface area contributed by atoms with Crippen LogP contribution in [0, 0.1) is 17.2 Å². The van der Waals surface area contributed by atoms with Crippen LogP contribution in [-0.4, -0.2) is 12.3 Å². The molecule has 2 nitrogen and oxygen atoms in total. The molecule has 0 rings (SSSR count). The molecule has 0 saturated carbocycles. The molecule has 0 spiro atoms. The molecule has 0 aromatic heterocycles. The predicted octanol–water partition coefficient (Wildman–Crippen LogP) is 3.91. The van der Waals surface area contributed by atoms with Crippen molar-refractivity contribution in [3.63, 3.8) is 0 Å². The molecule has 0 aliphatic rings. The Hall–Kier alpha value is -1.36. The molecular formula is C14H22N2. The van der Waals surface area contributed by atoms with Crippen LogP contribution in [0.15, 0.2) is 29.3 Å². The minimum Gasteiger partial charge on any atom is -0.290 e. The minimum atomic E-state index is 0.572. The van der Waals surface area contributed by atoms with E-state index >= 15 is 0 Å². The molecule has 1 atom stereocenters. The SMILES string of the molecule is C=C/C(C#N)=C\C(C)=N/CC(C)CCCC. The van der Waals surface area contributed by atoms with Gasteiger partial charge in [0.1, 0.15) is 0 Å². The summed E-state index contributed by atoms with van der Waals surface area (Å²) in [5.74, 6) is 0.623. The van der Waals surface area contributed by atoms with Gasteiger partial charge in [-0.15, -0.1) is 0 Å². The fourth-order valence-electron chi connectivity index (χ4n) is 1.35. The van der Waals surface area contributed by atoms with Crippen LogP contribution in [0.4, 0.5) is 0 Å². The number of hydrogen-bond acceptors (Lipinski definition) is 2. The predicted molar refractivity (Wildman–Crippen MR) is 70.6 cm³/mol. The van der Waals surface area contributed by atoms with Crippen LogP contribution >= 0.6 is 0 Å². The van der Waals surface area contributed by atoms with Crippen LogP contribution in [0.1, 0.15) is 40.0 Å². The molecule has 1 unspecified atom stereocenters. The Morgan fingerprint density at radius 3 is 2.75 bits per heavy atom. The fourth-order valence-corrected chi connectivity index (χ4v) is 1.35. The quantitative estimate of drug-likeness (QED) is 0.362. The van der Waals surface area contributed by atoms with Crippen LogP contribution in [0.2, 0.25) is 0 Å². The van der Waals surface area contributed by atoms with Gasteiger partial charge in [0.2, 0.25) is 0 Å². The summed E-state index contributed by atoms with van der Waals surface area (Å²) in [6.45, 7) is 10.8. The molecule has 0 N–H and O–H groups in total. The first-order valence-electron chi connectivity index (χ1n) is 5.89. The molecule has 88 valence electrons. The number of hydrogen-bond donors (Lipinski definition) is 0. The van der Waals surface area contributed by atoms with Crippen LogP contribution in [0.25, 0.3) is 0 Å². The Morgan fingerprint density at radius 2 is 2.25 bits per heavy atom. The van der Waals surface area contributed by atoms with Gasteiger partial charge < -0.3 is 0 Å². The summed E-state index contributed by atoms with van der Waals surface area (Å²) >= 11 is 0. The lowest BCUT2D eigenvalue weighted by atomic mass is 10.0. The van der Waals surface area contributed by atoms with Crippen molar-refractivity contribution < 1.29 is 0 Å². The molecule has 0 heterocycles. The monoisotopic (exact) mass is 218 g/mol. The molecule has 0 aromatic carbocycles. The molecule has 0 aromatic rings. The lowest BCUT2D eigenvalue weighted by Crippen LogP contribution is -2.01. The lowest BCUT2D eigenvalue weighted by molar-refractivity contribution is 0.517. The molecule has 0 aliphatic heterocycles. The number of rotatable bonds is 7. The maximum atomic E-state index is 8.72. The van der Waals surface area contributed by atoms with Crippen LogP contribution in [0.3, 0.4) is 0 Å². The van der Waals surface area contributed by atoms with Crippen LogP contribution < -0.4 is 0 Å². The average molecular weight is 218 g/mol.